The molecule has 2 aliphatic carbocycles. The highest BCUT2D eigenvalue weighted by Crippen LogP contribution is 2.56. The van der Waals surface area contributed by atoms with Crippen molar-refractivity contribution in [3.63, 3.8) is 0 Å². The predicted octanol–water partition coefficient (Wildman–Crippen LogP) is 6.61. The van der Waals surface area contributed by atoms with Gasteiger partial charge in [0.15, 0.2) is 0 Å². The van der Waals surface area contributed by atoms with Crippen LogP contribution in [0.1, 0.15) is 108 Å². The van der Waals surface area contributed by atoms with Gasteiger partial charge in [-0.2, -0.15) is 5.26 Å². The molecule has 4 amide bonds. The molecule has 394 valence electrons. The van der Waals surface area contributed by atoms with Crippen LogP contribution in [0, 0.1) is 39.9 Å². The third-order valence-corrected chi connectivity index (χ3v) is 17.8. The van der Waals surface area contributed by atoms with Crippen LogP contribution in [0.25, 0.3) is 10.4 Å². The fourth-order valence-electron chi connectivity index (χ4n) is 12.6. The van der Waals surface area contributed by atoms with Gasteiger partial charge in [-0.25, -0.2) is 9.97 Å². The minimum absolute atomic E-state index is 0.0154. The summed E-state index contributed by atoms with van der Waals surface area (Å²) < 4.78 is 6.39. The van der Waals surface area contributed by atoms with E-state index >= 15 is 0 Å². The molecule has 74 heavy (non-hydrogen) atoms. The summed E-state index contributed by atoms with van der Waals surface area (Å²) in [7, 11) is 0. The molecular formula is C56H71ClN10O6S. The third kappa shape index (κ3) is 10.6. The number of aryl methyl sites for hydroxylation is 1. The van der Waals surface area contributed by atoms with E-state index in [2.05, 4.69) is 69.4 Å². The molecule has 5 fully saturated rings. The van der Waals surface area contributed by atoms with Gasteiger partial charge in [-0.05, 0) is 67.5 Å². The van der Waals surface area contributed by atoms with Crippen molar-refractivity contribution in [2.75, 3.05) is 57.3 Å². The second-order valence-corrected chi connectivity index (χ2v) is 25.1. The Hall–Kier alpha value is -5.64. The van der Waals surface area contributed by atoms with E-state index < -0.39 is 23.6 Å². The zero-order chi connectivity index (χ0) is 53.1. The molecule has 5 heterocycles. The number of aliphatic hydroxyl groups is 1. The molecule has 2 aromatic carbocycles. The zero-order valence-electron chi connectivity index (χ0n) is 44.1. The number of nitrogens with zero attached hydrogens (tertiary/aromatic N) is 7. The number of ether oxygens (including phenoxy) is 1. The number of carbonyl (C=O) groups excluding carboxylic acids is 4. The number of thiazole rings is 1. The molecular weight excluding hydrogens is 976 g/mol. The number of piperazine rings is 1. The van der Waals surface area contributed by atoms with E-state index in [0.717, 1.165) is 79.6 Å². The molecule has 16 nitrogen and oxygen atoms in total. The molecule has 0 radical (unpaired) electrons. The average molecular weight is 1050 g/mol. The number of carbonyl (C=O) groups is 4. The molecule has 4 atom stereocenters. The zero-order valence-corrected chi connectivity index (χ0v) is 45.6. The first kappa shape index (κ1) is 53.2. The summed E-state index contributed by atoms with van der Waals surface area (Å²) in [6, 6.07) is 17.2. The first-order chi connectivity index (χ1) is 35.0. The monoisotopic (exact) mass is 1050 g/mol. The number of aromatic nitrogens is 2. The number of benzene rings is 2. The summed E-state index contributed by atoms with van der Waals surface area (Å²) in [5.41, 5.74) is 4.52. The average Bonchev–Trinajstić information content (AvgIpc) is 3.95. The van der Waals surface area contributed by atoms with E-state index in [-0.39, 0.29) is 77.6 Å². The van der Waals surface area contributed by atoms with Gasteiger partial charge in [-0.3, -0.25) is 29.0 Å². The second kappa shape index (κ2) is 20.5. The number of amides is 4. The van der Waals surface area contributed by atoms with Crippen molar-refractivity contribution in [3.8, 4) is 22.3 Å². The molecule has 3 saturated heterocycles. The Morgan fingerprint density at radius 2 is 1.65 bits per heavy atom. The number of anilines is 1. The Bertz CT molecular complexity index is 2770. The molecule has 2 saturated carbocycles. The van der Waals surface area contributed by atoms with Gasteiger partial charge in [-0.1, -0.05) is 84.3 Å². The van der Waals surface area contributed by atoms with Crippen LogP contribution in [0.2, 0.25) is 5.02 Å². The van der Waals surface area contributed by atoms with Gasteiger partial charge >= 0.3 is 0 Å². The summed E-state index contributed by atoms with van der Waals surface area (Å²) >= 11 is 7.86. The van der Waals surface area contributed by atoms with Gasteiger partial charge < -0.3 is 35.6 Å². The highest BCUT2D eigenvalue weighted by Gasteiger charge is 2.64. The quantitative estimate of drug-likeness (QED) is 0.106. The Balaban J connectivity index is 0.701. The molecule has 5 aliphatic rings. The van der Waals surface area contributed by atoms with Crippen LogP contribution >= 0.6 is 22.9 Å². The van der Waals surface area contributed by atoms with Crippen LogP contribution in [0.3, 0.4) is 0 Å². The molecule has 4 N–H and O–H groups in total. The number of hydrogen-bond acceptors (Lipinski definition) is 13. The lowest BCUT2D eigenvalue weighted by Gasteiger charge is -2.63. The lowest BCUT2D eigenvalue weighted by molar-refractivity contribution is -0.164. The molecule has 1 spiro atoms. The highest BCUT2D eigenvalue weighted by atomic mass is 35.5. The van der Waals surface area contributed by atoms with E-state index in [0.29, 0.717) is 27.9 Å². The van der Waals surface area contributed by atoms with Gasteiger partial charge in [0.25, 0.3) is 5.91 Å². The SMILES string of the molecule is Cc1ncsc1-c1ccc([C@H](C)NC(=O)C2C[C@@H](O)CN2C(=O)C(NC(=O)CN2CCN(C3CC4(C3)CN(c3ccc(C(=O)NC5C(C)(C)C(Oc6ccc(C#N)c(Cl)c6)C5(C)C)cn3)C4)CC2)C(C)(C)C)cc1. The van der Waals surface area contributed by atoms with Crippen molar-refractivity contribution in [2.45, 2.75) is 124 Å². The van der Waals surface area contributed by atoms with E-state index in [1.54, 1.807) is 35.7 Å². The molecule has 0 bridgehead atoms. The highest BCUT2D eigenvalue weighted by molar-refractivity contribution is 7.13. The van der Waals surface area contributed by atoms with Crippen molar-refractivity contribution >= 4 is 52.4 Å². The number of pyridine rings is 1. The summed E-state index contributed by atoms with van der Waals surface area (Å²) in [6.45, 7) is 23.2. The Morgan fingerprint density at radius 3 is 2.24 bits per heavy atom. The first-order valence-electron chi connectivity index (χ1n) is 25.9. The van der Waals surface area contributed by atoms with Crippen LogP contribution in [0.15, 0.2) is 66.3 Å². The number of nitriles is 1. The fraction of sp³-hybridized carbons (Fsp3) is 0.554. The number of halogens is 1. The van der Waals surface area contributed by atoms with Crippen molar-refractivity contribution in [1.82, 2.24) is 40.6 Å². The van der Waals surface area contributed by atoms with Crippen LogP contribution in [-0.4, -0.2) is 142 Å². The van der Waals surface area contributed by atoms with Gasteiger partial charge in [0.2, 0.25) is 17.7 Å². The summed E-state index contributed by atoms with van der Waals surface area (Å²) in [6.07, 6.45) is 2.95. The maximum Gasteiger partial charge on any atom is 0.253 e. The minimum atomic E-state index is -0.894. The Labute approximate surface area is 444 Å². The van der Waals surface area contributed by atoms with Crippen molar-refractivity contribution in [3.05, 3.63) is 93.7 Å². The van der Waals surface area contributed by atoms with Crippen molar-refractivity contribution < 1.29 is 29.0 Å². The fourth-order valence-corrected chi connectivity index (χ4v) is 13.6. The molecule has 3 aliphatic heterocycles. The van der Waals surface area contributed by atoms with E-state index in [4.69, 9.17) is 21.3 Å². The molecule has 9 rings (SSSR count). The molecule has 18 heteroatoms. The number of nitrogens with one attached hydrogen (secondary N) is 3. The minimum Gasteiger partial charge on any atom is -0.489 e. The number of rotatable bonds is 14. The van der Waals surface area contributed by atoms with E-state index in [1.165, 1.54) is 4.90 Å². The van der Waals surface area contributed by atoms with Gasteiger partial charge in [0.1, 0.15) is 35.8 Å². The number of likely N-dealkylation sites (tertiary alicyclic amines) is 1. The van der Waals surface area contributed by atoms with Gasteiger partial charge in [0, 0.05) is 92.8 Å². The van der Waals surface area contributed by atoms with Crippen LogP contribution in [0.5, 0.6) is 5.75 Å². The van der Waals surface area contributed by atoms with Crippen LogP contribution < -0.4 is 25.6 Å². The summed E-state index contributed by atoms with van der Waals surface area (Å²) in [5, 5.41) is 29.7. The smallest absolute Gasteiger partial charge is 0.253 e. The lowest BCUT2D eigenvalue weighted by atomic mass is 9.49. The van der Waals surface area contributed by atoms with Crippen LogP contribution in [0.4, 0.5) is 5.82 Å². The van der Waals surface area contributed by atoms with Gasteiger partial charge in [-0.15, -0.1) is 11.3 Å². The molecule has 2 aromatic heterocycles. The Kier molecular flexibility index (Phi) is 14.7. The largest absolute Gasteiger partial charge is 0.489 e. The maximum absolute atomic E-state index is 14.3. The second-order valence-electron chi connectivity index (χ2n) is 23.8. The van der Waals surface area contributed by atoms with Crippen molar-refractivity contribution in [1.29, 1.82) is 5.26 Å². The standard InChI is InChI=1S/C56H71ClN10O6S/c1-33(35-10-12-36(13-11-35)46-34(2)60-32-74-46)61-49(71)43-22-40(68)28-67(43)50(72)47(53(3,4)5)62-45(69)29-64-18-20-65(21-19-64)39-24-56(25-39)30-66(31-56)44-17-15-38(27-59-44)48(70)63-51-54(6,7)52(55(51,8)9)73-41-16-14-37(26-58)42(57)23-41/h10-17,23,27,32-33,39-40,43,47,51-52,68H,18-22,24-25,28-31H2,1-9H3,(H,61,71)(H,62,69)(H,63,70)/t33-,40+,43?,47?,51?,52?/m0/s1. The third-order valence-electron chi connectivity index (χ3n) is 16.5. The molecule has 2 unspecified atom stereocenters. The van der Waals surface area contributed by atoms with E-state index in [1.807, 2.05) is 76.5 Å². The number of aliphatic hydroxyl groups excluding tert-OH is 1. The topological polar surface area (TPSA) is 196 Å². The summed E-state index contributed by atoms with van der Waals surface area (Å²) in [4.78, 5) is 73.9. The first-order valence-corrected chi connectivity index (χ1v) is 27.2. The predicted molar refractivity (Wildman–Crippen MR) is 286 cm³/mol. The Morgan fingerprint density at radius 1 is 0.959 bits per heavy atom. The van der Waals surface area contributed by atoms with Crippen molar-refractivity contribution in [2.24, 2.45) is 21.7 Å². The number of hydrogen-bond donors (Lipinski definition) is 4. The summed E-state index contributed by atoms with van der Waals surface area (Å²) in [5.74, 6) is 0.324. The van der Waals surface area contributed by atoms with Crippen LogP contribution in [-0.2, 0) is 14.4 Å². The van der Waals surface area contributed by atoms with Gasteiger partial charge in [0.05, 0.1) is 50.9 Å². The number of β-amino-alcohol motifs (C(OH)–C–C–N with tert-alkyl or cyclic N) is 1. The lowest BCUT2D eigenvalue weighted by Crippen LogP contribution is -2.74. The molecule has 4 aromatic rings. The maximum atomic E-state index is 14.3. The van der Waals surface area contributed by atoms with E-state index in [9.17, 15) is 29.5 Å². The normalized spacial score (nSPS) is 24.1.